The second kappa shape index (κ2) is 9.59. The van der Waals surface area contributed by atoms with Crippen molar-refractivity contribution in [2.45, 2.75) is 18.0 Å². The number of hydrogen-bond donors (Lipinski definition) is 3. The smallest absolute Gasteiger partial charge is 0.352 e. The number of nitrogen functional groups attached to an aromatic ring is 1. The van der Waals surface area contributed by atoms with Gasteiger partial charge in [0.25, 0.3) is 11.8 Å². The summed E-state index contributed by atoms with van der Waals surface area (Å²) in [6.45, 7) is -0.0478. The number of thiazole rings is 1. The van der Waals surface area contributed by atoms with Crippen molar-refractivity contribution in [1.82, 2.24) is 15.2 Å². The number of nitrogens with two attached hydrogens (primary N) is 1. The van der Waals surface area contributed by atoms with E-state index in [2.05, 4.69) is 15.5 Å². The van der Waals surface area contributed by atoms with E-state index in [1.54, 1.807) is 18.2 Å². The highest BCUT2D eigenvalue weighted by molar-refractivity contribution is 8.00. The van der Waals surface area contributed by atoms with Gasteiger partial charge in [-0.05, 0) is 18.2 Å². The van der Waals surface area contributed by atoms with Crippen LogP contribution in [0.3, 0.4) is 0 Å². The van der Waals surface area contributed by atoms with E-state index in [0.717, 1.165) is 16.2 Å². The van der Waals surface area contributed by atoms with Gasteiger partial charge in [-0.3, -0.25) is 14.5 Å². The van der Waals surface area contributed by atoms with Crippen LogP contribution >= 0.6 is 46.3 Å². The number of amides is 2. The van der Waals surface area contributed by atoms with Gasteiger partial charge >= 0.3 is 5.97 Å². The number of anilines is 1. The molecule has 14 heteroatoms. The molecule has 1 aromatic carbocycles. The molecule has 0 aliphatic carbocycles. The molecule has 2 atom stereocenters. The van der Waals surface area contributed by atoms with Gasteiger partial charge in [0.2, 0.25) is 0 Å². The molecule has 1 saturated heterocycles. The van der Waals surface area contributed by atoms with Gasteiger partial charge in [-0.1, -0.05) is 34.4 Å². The lowest BCUT2D eigenvalue weighted by Crippen LogP contribution is -2.70. The number of nitrogens with zero attached hydrogens (tertiary/aromatic N) is 3. The third-order valence-corrected chi connectivity index (χ3v) is 7.17. The summed E-state index contributed by atoms with van der Waals surface area (Å²) < 4.78 is 0. The van der Waals surface area contributed by atoms with Crippen LogP contribution in [0.1, 0.15) is 11.3 Å². The molecule has 4 rings (SSSR count). The lowest BCUT2D eigenvalue weighted by molar-refractivity contribution is -0.150. The van der Waals surface area contributed by atoms with E-state index in [9.17, 15) is 19.5 Å². The SMILES string of the molecule is Nc1nc(C(=NOCc2ccc(Cl)cc2Cl)C(=O)NC2C(=O)N3C(C(=O)O)=CCS[C@H]23)cs1. The maximum atomic E-state index is 13.0. The normalized spacial score (nSPS) is 19.9. The van der Waals surface area contributed by atoms with Gasteiger partial charge in [0, 0.05) is 26.7 Å². The number of benzene rings is 1. The van der Waals surface area contributed by atoms with E-state index in [4.69, 9.17) is 33.8 Å². The molecule has 1 fully saturated rings. The molecular weight excluding hydrogens is 513 g/mol. The van der Waals surface area contributed by atoms with Gasteiger partial charge in [-0.2, -0.15) is 0 Å². The predicted octanol–water partition coefficient (Wildman–Crippen LogP) is 2.32. The van der Waals surface area contributed by atoms with Gasteiger partial charge in [0.1, 0.15) is 29.4 Å². The minimum absolute atomic E-state index is 0.0478. The molecule has 0 spiro atoms. The van der Waals surface area contributed by atoms with Gasteiger partial charge in [-0.15, -0.1) is 23.1 Å². The summed E-state index contributed by atoms with van der Waals surface area (Å²) >= 11 is 14.5. The zero-order valence-corrected chi connectivity index (χ0v) is 19.7. The molecule has 0 bridgehead atoms. The average molecular weight is 528 g/mol. The fourth-order valence-corrected chi connectivity index (χ4v) is 5.36. The summed E-state index contributed by atoms with van der Waals surface area (Å²) in [4.78, 5) is 47.4. The number of carbonyl (C=O) groups excluding carboxylic acids is 2. The Morgan fingerprint density at radius 2 is 2.18 bits per heavy atom. The Labute approximate surface area is 205 Å². The molecule has 1 aromatic heterocycles. The van der Waals surface area contributed by atoms with Crippen molar-refractivity contribution >= 4 is 74.9 Å². The first-order valence-electron chi connectivity index (χ1n) is 9.30. The standard InChI is InChI=1S/C19H15Cl2N5O5S2/c20-9-2-1-8(10(21)5-9)6-31-25-13(11-7-33-19(22)23-11)15(27)24-14-16(28)26-12(18(29)30)3-4-32-17(14)26/h1-3,5,7,14,17H,4,6H2,(H2,22,23)(H,24,27)(H,29,30)/t14?,17-/m1/s1. The van der Waals surface area contributed by atoms with E-state index in [0.29, 0.717) is 21.4 Å². The number of oxime groups is 1. The Morgan fingerprint density at radius 3 is 2.85 bits per heavy atom. The lowest BCUT2D eigenvalue weighted by atomic mass is 10.0. The van der Waals surface area contributed by atoms with Crippen molar-refractivity contribution in [3.05, 3.63) is 56.7 Å². The molecule has 2 amide bonds. The van der Waals surface area contributed by atoms with Crippen LogP contribution in [-0.2, 0) is 25.8 Å². The van der Waals surface area contributed by atoms with Gasteiger partial charge in [-0.25, -0.2) is 9.78 Å². The van der Waals surface area contributed by atoms with Gasteiger partial charge in [0.05, 0.1) is 0 Å². The number of aromatic nitrogens is 1. The van der Waals surface area contributed by atoms with Gasteiger partial charge < -0.3 is 21.0 Å². The van der Waals surface area contributed by atoms with Crippen molar-refractivity contribution in [1.29, 1.82) is 0 Å². The molecule has 0 radical (unpaired) electrons. The van der Waals surface area contributed by atoms with E-state index >= 15 is 0 Å². The number of rotatable bonds is 7. The number of thioether (sulfide) groups is 1. The quantitative estimate of drug-likeness (QED) is 0.282. The number of carbonyl (C=O) groups is 3. The van der Waals surface area contributed by atoms with Crippen LogP contribution in [-0.4, -0.2) is 55.7 Å². The number of β-lactam (4-membered cyclic amide) rings is 1. The molecule has 33 heavy (non-hydrogen) atoms. The van der Waals surface area contributed by atoms with Crippen LogP contribution < -0.4 is 11.1 Å². The fourth-order valence-electron chi connectivity index (χ4n) is 3.15. The Morgan fingerprint density at radius 1 is 1.39 bits per heavy atom. The first-order valence-corrected chi connectivity index (χ1v) is 12.0. The van der Waals surface area contributed by atoms with E-state index < -0.39 is 29.2 Å². The van der Waals surface area contributed by atoms with Crippen molar-refractivity contribution in [2.75, 3.05) is 11.5 Å². The van der Waals surface area contributed by atoms with Crippen LogP contribution in [0.25, 0.3) is 0 Å². The number of hydrogen-bond acceptors (Lipinski definition) is 9. The fraction of sp³-hybridized carbons (Fsp3) is 0.211. The van der Waals surface area contributed by atoms with Crippen LogP contribution in [0.15, 0.2) is 40.5 Å². The molecule has 0 saturated carbocycles. The minimum Gasteiger partial charge on any atom is -0.477 e. The number of aliphatic carboxylic acids is 1. The summed E-state index contributed by atoms with van der Waals surface area (Å²) in [7, 11) is 0. The largest absolute Gasteiger partial charge is 0.477 e. The third kappa shape index (κ3) is 4.78. The van der Waals surface area contributed by atoms with Crippen molar-refractivity contribution in [3.63, 3.8) is 0 Å². The summed E-state index contributed by atoms with van der Waals surface area (Å²) in [5.74, 6) is -2.04. The van der Waals surface area contributed by atoms with E-state index in [1.165, 1.54) is 23.2 Å². The molecule has 4 N–H and O–H groups in total. The first-order chi connectivity index (χ1) is 15.8. The van der Waals surface area contributed by atoms with Gasteiger partial charge in [0.15, 0.2) is 10.8 Å². The van der Waals surface area contributed by atoms with Crippen LogP contribution in [0.4, 0.5) is 5.13 Å². The van der Waals surface area contributed by atoms with Crippen LogP contribution in [0, 0.1) is 0 Å². The van der Waals surface area contributed by atoms with Crippen molar-refractivity contribution < 1.29 is 24.3 Å². The minimum atomic E-state index is -1.20. The van der Waals surface area contributed by atoms with Crippen LogP contribution in [0.5, 0.6) is 0 Å². The molecule has 3 heterocycles. The Kier molecular flexibility index (Phi) is 6.79. The molecule has 172 valence electrons. The highest BCUT2D eigenvalue weighted by atomic mass is 35.5. The summed E-state index contributed by atoms with van der Waals surface area (Å²) in [6, 6.07) is 3.93. The number of fused-ring (bicyclic) bond motifs is 1. The summed E-state index contributed by atoms with van der Waals surface area (Å²) in [5.41, 5.74) is 6.17. The summed E-state index contributed by atoms with van der Waals surface area (Å²) in [5, 5.41) is 17.8. The molecular formula is C19H15Cl2N5O5S2. The number of nitrogens with one attached hydrogen (secondary N) is 1. The highest BCUT2D eigenvalue weighted by Crippen LogP contribution is 2.37. The molecule has 2 aliphatic heterocycles. The number of carboxylic acid groups (broad SMARTS) is 1. The number of carboxylic acids is 1. The van der Waals surface area contributed by atoms with Crippen molar-refractivity contribution in [3.8, 4) is 0 Å². The summed E-state index contributed by atoms with van der Waals surface area (Å²) in [6.07, 6.45) is 1.46. The second-order valence-electron chi connectivity index (χ2n) is 6.80. The Bertz CT molecular complexity index is 1200. The molecule has 2 aliphatic rings. The molecule has 2 aromatic rings. The average Bonchev–Trinajstić information content (AvgIpc) is 3.21. The van der Waals surface area contributed by atoms with E-state index in [-0.39, 0.29) is 28.8 Å². The highest BCUT2D eigenvalue weighted by Gasteiger charge is 2.53. The predicted molar refractivity (Wildman–Crippen MR) is 125 cm³/mol. The third-order valence-electron chi connectivity index (χ3n) is 4.72. The first kappa shape index (κ1) is 23.4. The zero-order valence-electron chi connectivity index (χ0n) is 16.5. The van der Waals surface area contributed by atoms with E-state index in [1.807, 2.05) is 0 Å². The molecule has 1 unspecified atom stereocenters. The second-order valence-corrected chi connectivity index (χ2v) is 9.68. The maximum Gasteiger partial charge on any atom is 0.352 e. The van der Waals surface area contributed by atoms with Crippen LogP contribution in [0.2, 0.25) is 10.0 Å². The topological polar surface area (TPSA) is 147 Å². The zero-order chi connectivity index (χ0) is 23.7. The Balaban J connectivity index is 1.50. The Hall–Kier alpha value is -2.80. The monoisotopic (exact) mass is 527 g/mol. The van der Waals surface area contributed by atoms with Crippen molar-refractivity contribution in [2.24, 2.45) is 5.16 Å². The maximum absolute atomic E-state index is 13.0. The molecule has 10 nitrogen and oxygen atoms in total. The number of halogens is 2. The lowest BCUT2D eigenvalue weighted by Gasteiger charge is -2.48.